The number of rotatable bonds is 3. The van der Waals surface area contributed by atoms with Gasteiger partial charge in [0.15, 0.2) is 0 Å². The van der Waals surface area contributed by atoms with Gasteiger partial charge in [-0.05, 0) is 32.9 Å². The van der Waals surface area contributed by atoms with E-state index in [2.05, 4.69) is 29.0 Å². The van der Waals surface area contributed by atoms with Crippen molar-refractivity contribution >= 4 is 0 Å². The summed E-state index contributed by atoms with van der Waals surface area (Å²) in [6.45, 7) is 13.3. The van der Waals surface area contributed by atoms with E-state index >= 15 is 0 Å². The molecule has 0 saturated carbocycles. The zero-order chi connectivity index (χ0) is 10.7. The lowest BCUT2D eigenvalue weighted by atomic mass is 9.99. The molecular formula is C12H25N3. The maximum atomic E-state index is 3.65. The maximum Gasteiger partial charge on any atom is 0.0280 e. The Hall–Kier alpha value is -0.120. The summed E-state index contributed by atoms with van der Waals surface area (Å²) in [5.74, 6) is 0. The minimum Gasteiger partial charge on any atom is -0.310 e. The summed E-state index contributed by atoms with van der Waals surface area (Å²) in [7, 11) is 0. The van der Waals surface area contributed by atoms with Crippen LogP contribution in [0.1, 0.15) is 26.7 Å². The fourth-order valence-corrected chi connectivity index (χ4v) is 2.85. The van der Waals surface area contributed by atoms with Gasteiger partial charge in [0.05, 0.1) is 0 Å². The van der Waals surface area contributed by atoms with Crippen molar-refractivity contribution in [1.29, 1.82) is 0 Å². The lowest BCUT2D eigenvalue weighted by Crippen LogP contribution is -2.53. The van der Waals surface area contributed by atoms with Crippen LogP contribution in [0.3, 0.4) is 0 Å². The monoisotopic (exact) mass is 211 g/mol. The largest absolute Gasteiger partial charge is 0.310 e. The van der Waals surface area contributed by atoms with Gasteiger partial charge in [-0.25, -0.2) is 0 Å². The summed E-state index contributed by atoms with van der Waals surface area (Å²) in [6, 6.07) is 0. The summed E-state index contributed by atoms with van der Waals surface area (Å²) >= 11 is 0. The van der Waals surface area contributed by atoms with Crippen molar-refractivity contribution in [3.63, 3.8) is 0 Å². The molecular weight excluding hydrogens is 186 g/mol. The molecule has 3 heteroatoms. The Morgan fingerprint density at radius 2 is 1.80 bits per heavy atom. The van der Waals surface area contributed by atoms with Gasteiger partial charge < -0.3 is 10.2 Å². The smallest absolute Gasteiger partial charge is 0.0280 e. The Morgan fingerprint density at radius 1 is 1.13 bits per heavy atom. The number of piperazine rings is 1. The molecule has 2 aliphatic heterocycles. The van der Waals surface area contributed by atoms with Crippen LogP contribution in [-0.4, -0.2) is 61.2 Å². The topological polar surface area (TPSA) is 18.5 Å². The average Bonchev–Trinajstić information content (AvgIpc) is 2.66. The Kier molecular flexibility index (Phi) is 3.65. The van der Waals surface area contributed by atoms with Crippen LogP contribution in [0, 0.1) is 0 Å². The van der Waals surface area contributed by atoms with Crippen LogP contribution in [-0.2, 0) is 0 Å². The van der Waals surface area contributed by atoms with Gasteiger partial charge in [-0.2, -0.15) is 0 Å². The number of hydrogen-bond donors (Lipinski definition) is 1. The van der Waals surface area contributed by atoms with Crippen LogP contribution in [0.25, 0.3) is 0 Å². The van der Waals surface area contributed by atoms with Gasteiger partial charge in [0.2, 0.25) is 0 Å². The minimum absolute atomic E-state index is 0.397. The van der Waals surface area contributed by atoms with Crippen molar-refractivity contribution < 1.29 is 0 Å². The predicted octanol–water partition coefficient (Wildman–Crippen LogP) is 0.766. The van der Waals surface area contributed by atoms with E-state index in [-0.39, 0.29) is 0 Å². The van der Waals surface area contributed by atoms with Crippen LogP contribution in [0.15, 0.2) is 0 Å². The molecule has 2 aliphatic rings. The zero-order valence-corrected chi connectivity index (χ0v) is 10.3. The van der Waals surface area contributed by atoms with Gasteiger partial charge in [0.25, 0.3) is 0 Å². The Morgan fingerprint density at radius 3 is 2.33 bits per heavy atom. The highest BCUT2D eigenvalue weighted by atomic mass is 15.3. The molecule has 2 rings (SSSR count). The van der Waals surface area contributed by atoms with E-state index in [1.54, 1.807) is 0 Å². The SMILES string of the molecule is CCN1CCN(CC2(C)CCCN2)CC1. The van der Waals surface area contributed by atoms with Gasteiger partial charge in [-0.3, -0.25) is 4.90 Å². The highest BCUT2D eigenvalue weighted by molar-refractivity contribution is 4.92. The van der Waals surface area contributed by atoms with E-state index < -0.39 is 0 Å². The number of hydrogen-bond acceptors (Lipinski definition) is 3. The predicted molar refractivity (Wildman–Crippen MR) is 64.2 cm³/mol. The summed E-state index contributed by atoms with van der Waals surface area (Å²) in [4.78, 5) is 5.17. The molecule has 1 N–H and O–H groups in total. The number of nitrogens with zero attached hydrogens (tertiary/aromatic N) is 2. The zero-order valence-electron chi connectivity index (χ0n) is 10.3. The van der Waals surface area contributed by atoms with Crippen LogP contribution in [0.5, 0.6) is 0 Å². The summed E-state index contributed by atoms with van der Waals surface area (Å²) in [5, 5.41) is 3.65. The van der Waals surface area contributed by atoms with E-state index in [0.29, 0.717) is 5.54 Å². The molecule has 0 radical (unpaired) electrons. The first kappa shape index (κ1) is 11.4. The van der Waals surface area contributed by atoms with Gasteiger partial charge >= 0.3 is 0 Å². The van der Waals surface area contributed by atoms with Crippen LogP contribution >= 0.6 is 0 Å². The number of likely N-dealkylation sites (N-methyl/N-ethyl adjacent to an activating group) is 1. The fourth-order valence-electron chi connectivity index (χ4n) is 2.85. The lowest BCUT2D eigenvalue weighted by Gasteiger charge is -2.38. The summed E-state index contributed by atoms with van der Waals surface area (Å²) < 4.78 is 0. The first-order valence-electron chi connectivity index (χ1n) is 6.42. The quantitative estimate of drug-likeness (QED) is 0.744. The second-order valence-electron chi connectivity index (χ2n) is 5.30. The van der Waals surface area contributed by atoms with Crippen molar-refractivity contribution in [3.05, 3.63) is 0 Å². The molecule has 0 aromatic heterocycles. The van der Waals surface area contributed by atoms with Crippen molar-refractivity contribution in [2.75, 3.05) is 45.8 Å². The molecule has 1 unspecified atom stereocenters. The van der Waals surface area contributed by atoms with Gasteiger partial charge in [-0.15, -0.1) is 0 Å². The van der Waals surface area contributed by atoms with Crippen LogP contribution < -0.4 is 5.32 Å². The van der Waals surface area contributed by atoms with Gasteiger partial charge in [0.1, 0.15) is 0 Å². The molecule has 2 heterocycles. The van der Waals surface area contributed by atoms with Gasteiger partial charge in [0, 0.05) is 38.3 Å². The molecule has 0 bridgehead atoms. The molecule has 0 amide bonds. The highest BCUT2D eigenvalue weighted by Crippen LogP contribution is 2.20. The Bertz CT molecular complexity index is 191. The minimum atomic E-state index is 0.397. The second-order valence-corrected chi connectivity index (χ2v) is 5.30. The molecule has 0 spiro atoms. The van der Waals surface area contributed by atoms with Crippen molar-refractivity contribution in [2.24, 2.45) is 0 Å². The third kappa shape index (κ3) is 2.92. The Labute approximate surface area is 93.8 Å². The van der Waals surface area contributed by atoms with Crippen molar-refractivity contribution in [1.82, 2.24) is 15.1 Å². The molecule has 0 aromatic rings. The standard InChI is InChI=1S/C12H25N3/c1-3-14-7-9-15(10-8-14)11-12(2)5-4-6-13-12/h13H,3-11H2,1-2H3. The molecule has 15 heavy (non-hydrogen) atoms. The van der Waals surface area contributed by atoms with Crippen LogP contribution in [0.2, 0.25) is 0 Å². The van der Waals surface area contributed by atoms with Crippen LogP contribution in [0.4, 0.5) is 0 Å². The van der Waals surface area contributed by atoms with Crippen molar-refractivity contribution in [2.45, 2.75) is 32.2 Å². The van der Waals surface area contributed by atoms with E-state index in [4.69, 9.17) is 0 Å². The molecule has 2 saturated heterocycles. The van der Waals surface area contributed by atoms with E-state index in [0.717, 1.165) is 0 Å². The van der Waals surface area contributed by atoms with E-state index in [1.165, 1.54) is 58.7 Å². The second kappa shape index (κ2) is 4.81. The average molecular weight is 211 g/mol. The third-order valence-electron chi connectivity index (χ3n) is 3.94. The molecule has 1 atom stereocenters. The number of nitrogens with one attached hydrogen (secondary N) is 1. The molecule has 0 aliphatic carbocycles. The molecule has 0 aromatic carbocycles. The van der Waals surface area contributed by atoms with Crippen molar-refractivity contribution in [3.8, 4) is 0 Å². The van der Waals surface area contributed by atoms with E-state index in [1.807, 2.05) is 0 Å². The normalized spacial score (nSPS) is 34.8. The van der Waals surface area contributed by atoms with Gasteiger partial charge in [-0.1, -0.05) is 6.92 Å². The summed E-state index contributed by atoms with van der Waals surface area (Å²) in [5.41, 5.74) is 0.397. The maximum absolute atomic E-state index is 3.65. The first-order chi connectivity index (χ1) is 7.22. The summed E-state index contributed by atoms with van der Waals surface area (Å²) in [6.07, 6.45) is 2.70. The lowest BCUT2D eigenvalue weighted by molar-refractivity contribution is 0.112. The highest BCUT2D eigenvalue weighted by Gasteiger charge is 2.30. The molecule has 88 valence electrons. The molecule has 2 fully saturated rings. The fraction of sp³-hybridized carbons (Fsp3) is 1.00. The Balaban J connectivity index is 1.76. The first-order valence-corrected chi connectivity index (χ1v) is 6.42. The molecule has 3 nitrogen and oxygen atoms in total. The third-order valence-corrected chi connectivity index (χ3v) is 3.94. The van der Waals surface area contributed by atoms with E-state index in [9.17, 15) is 0 Å².